The van der Waals surface area contributed by atoms with E-state index in [0.29, 0.717) is 12.0 Å². The van der Waals surface area contributed by atoms with E-state index in [-0.39, 0.29) is 0 Å². The number of likely N-dealkylation sites (tertiary alicyclic amines) is 1. The molecular weight excluding hydrogens is 270 g/mol. The van der Waals surface area contributed by atoms with Crippen LogP contribution in [0.5, 0.6) is 5.75 Å². The maximum absolute atomic E-state index is 5.55. The van der Waals surface area contributed by atoms with E-state index in [9.17, 15) is 0 Å². The largest absolute Gasteiger partial charge is 0.497 e. The van der Waals surface area contributed by atoms with E-state index >= 15 is 0 Å². The maximum atomic E-state index is 5.55. The molecule has 0 spiro atoms. The van der Waals surface area contributed by atoms with Gasteiger partial charge in [0.2, 0.25) is 0 Å². The highest BCUT2D eigenvalue weighted by Gasteiger charge is 2.27. The molecule has 0 amide bonds. The lowest BCUT2D eigenvalue weighted by molar-refractivity contribution is 0.160. The summed E-state index contributed by atoms with van der Waals surface area (Å²) in [5.74, 6) is 1.46. The lowest BCUT2D eigenvalue weighted by Gasteiger charge is -2.35. The number of ether oxygens (including phenoxy) is 1. The van der Waals surface area contributed by atoms with Crippen molar-refractivity contribution in [3.05, 3.63) is 23.0 Å². The van der Waals surface area contributed by atoms with Gasteiger partial charge in [-0.1, -0.05) is 6.92 Å². The Bertz CT molecular complexity index is 675. The number of rotatable bonds is 2. The highest BCUT2D eigenvalue weighted by molar-refractivity contribution is 7.71. The number of aromatic nitrogens is 2. The van der Waals surface area contributed by atoms with Gasteiger partial charge in [-0.25, -0.2) is 0 Å². The Hall–Kier alpha value is -1.33. The molecule has 1 aliphatic heterocycles. The van der Waals surface area contributed by atoms with E-state index in [0.717, 1.165) is 41.1 Å². The van der Waals surface area contributed by atoms with E-state index in [2.05, 4.69) is 34.5 Å². The van der Waals surface area contributed by atoms with Gasteiger partial charge in [0.25, 0.3) is 0 Å². The average molecular weight is 291 g/mol. The third-order valence-corrected chi connectivity index (χ3v) is 4.62. The molecule has 2 aromatic rings. The summed E-state index contributed by atoms with van der Waals surface area (Å²) in [6, 6.07) is 6.54. The lowest BCUT2D eigenvalue weighted by Crippen LogP contribution is -2.37. The van der Waals surface area contributed by atoms with Crippen LogP contribution in [0.15, 0.2) is 18.2 Å². The summed E-state index contributed by atoms with van der Waals surface area (Å²) in [4.78, 5) is 5.71. The minimum atomic E-state index is 0.458. The quantitative estimate of drug-likeness (QED) is 0.863. The number of methoxy groups -OCH3 is 1. The highest BCUT2D eigenvalue weighted by Crippen LogP contribution is 2.32. The Kier molecular flexibility index (Phi) is 3.56. The van der Waals surface area contributed by atoms with Gasteiger partial charge in [-0.3, -0.25) is 0 Å². The predicted molar refractivity (Wildman–Crippen MR) is 84.0 cm³/mol. The molecule has 5 heteroatoms. The van der Waals surface area contributed by atoms with E-state index < -0.39 is 0 Å². The van der Waals surface area contributed by atoms with E-state index in [1.54, 1.807) is 7.11 Å². The number of nitrogens with zero attached hydrogens (tertiary/aromatic N) is 2. The van der Waals surface area contributed by atoms with E-state index in [1.807, 2.05) is 12.1 Å². The lowest BCUT2D eigenvalue weighted by atomic mass is 9.94. The molecule has 0 radical (unpaired) electrons. The average Bonchev–Trinajstić information content (AvgIpc) is 2.74. The molecule has 2 unspecified atom stereocenters. The third-order valence-electron chi connectivity index (χ3n) is 4.32. The molecule has 1 fully saturated rings. The SMILES string of the molecule is COc1ccc2[nH]c(=S)n(C3CCN(C)CC3C)c2c1. The van der Waals surface area contributed by atoms with Gasteiger partial charge < -0.3 is 19.2 Å². The fourth-order valence-corrected chi connectivity index (χ4v) is 3.63. The van der Waals surface area contributed by atoms with Gasteiger partial charge >= 0.3 is 0 Å². The second kappa shape index (κ2) is 5.22. The van der Waals surface area contributed by atoms with E-state index in [1.165, 1.54) is 0 Å². The summed E-state index contributed by atoms with van der Waals surface area (Å²) in [6.07, 6.45) is 1.14. The summed E-state index contributed by atoms with van der Waals surface area (Å²) in [5, 5.41) is 0. The van der Waals surface area contributed by atoms with Crippen molar-refractivity contribution in [2.24, 2.45) is 5.92 Å². The minimum Gasteiger partial charge on any atom is -0.497 e. The smallest absolute Gasteiger partial charge is 0.178 e. The second-order valence-electron chi connectivity index (χ2n) is 5.78. The molecule has 2 atom stereocenters. The topological polar surface area (TPSA) is 33.2 Å². The molecule has 0 saturated carbocycles. The molecule has 20 heavy (non-hydrogen) atoms. The molecule has 1 saturated heterocycles. The zero-order valence-corrected chi connectivity index (χ0v) is 13.0. The molecule has 1 aliphatic rings. The first kappa shape index (κ1) is 13.6. The third kappa shape index (κ3) is 2.25. The number of benzene rings is 1. The van der Waals surface area contributed by atoms with Gasteiger partial charge in [-0.05, 0) is 50.3 Å². The Morgan fingerprint density at radius 2 is 2.20 bits per heavy atom. The van der Waals surface area contributed by atoms with Crippen LogP contribution in [0, 0.1) is 10.7 Å². The van der Waals surface area contributed by atoms with Crippen molar-refractivity contribution in [1.82, 2.24) is 14.5 Å². The zero-order chi connectivity index (χ0) is 14.3. The van der Waals surface area contributed by atoms with Crippen LogP contribution in [-0.2, 0) is 0 Å². The number of aromatic amines is 1. The second-order valence-corrected chi connectivity index (χ2v) is 6.17. The van der Waals surface area contributed by atoms with Crippen LogP contribution >= 0.6 is 12.2 Å². The minimum absolute atomic E-state index is 0.458. The number of hydrogen-bond acceptors (Lipinski definition) is 3. The van der Waals surface area contributed by atoms with Gasteiger partial charge in [-0.15, -0.1) is 0 Å². The normalized spacial score (nSPS) is 24.1. The number of nitrogens with one attached hydrogen (secondary N) is 1. The summed E-state index contributed by atoms with van der Waals surface area (Å²) >= 11 is 5.55. The zero-order valence-electron chi connectivity index (χ0n) is 12.2. The van der Waals surface area contributed by atoms with Gasteiger partial charge in [0.05, 0.1) is 18.1 Å². The molecule has 4 nitrogen and oxygen atoms in total. The number of imidazole rings is 1. The first-order chi connectivity index (χ1) is 9.60. The van der Waals surface area contributed by atoms with Crippen LogP contribution in [-0.4, -0.2) is 41.7 Å². The molecule has 1 aromatic carbocycles. The number of piperidine rings is 1. The van der Waals surface area contributed by atoms with Crippen molar-refractivity contribution in [3.8, 4) is 5.75 Å². The van der Waals surface area contributed by atoms with Crippen molar-refractivity contribution in [3.63, 3.8) is 0 Å². The van der Waals surface area contributed by atoms with Crippen LogP contribution in [0.25, 0.3) is 11.0 Å². The molecule has 0 aliphatic carbocycles. The Labute approximate surface area is 124 Å². The summed E-state index contributed by atoms with van der Waals surface area (Å²) in [5.41, 5.74) is 2.23. The number of fused-ring (bicyclic) bond motifs is 1. The van der Waals surface area contributed by atoms with Crippen LogP contribution < -0.4 is 4.74 Å². The summed E-state index contributed by atoms with van der Waals surface area (Å²) in [7, 11) is 3.88. The summed E-state index contributed by atoms with van der Waals surface area (Å²) < 4.78 is 8.45. The Balaban J connectivity index is 2.10. The molecule has 1 aromatic heterocycles. The fraction of sp³-hybridized carbons (Fsp3) is 0.533. The standard InChI is InChI=1S/C15H21N3OS/c1-10-9-17(2)7-6-13(10)18-14-8-11(19-3)4-5-12(14)16-15(18)20/h4-5,8,10,13H,6-7,9H2,1-3H3,(H,16,20). The van der Waals surface area contributed by atoms with Gasteiger partial charge in [0.1, 0.15) is 5.75 Å². The summed E-state index contributed by atoms with van der Waals surface area (Å²) in [6.45, 7) is 4.54. The van der Waals surface area contributed by atoms with E-state index in [4.69, 9.17) is 17.0 Å². The fourth-order valence-electron chi connectivity index (χ4n) is 3.28. The predicted octanol–water partition coefficient (Wildman–Crippen LogP) is 3.22. The van der Waals surface area contributed by atoms with Crippen molar-refractivity contribution in [2.45, 2.75) is 19.4 Å². The van der Waals surface area contributed by atoms with Gasteiger partial charge in [0.15, 0.2) is 4.77 Å². The van der Waals surface area contributed by atoms with Gasteiger partial charge in [-0.2, -0.15) is 0 Å². The Morgan fingerprint density at radius 3 is 2.90 bits per heavy atom. The Morgan fingerprint density at radius 1 is 1.40 bits per heavy atom. The number of hydrogen-bond donors (Lipinski definition) is 1. The van der Waals surface area contributed by atoms with Crippen molar-refractivity contribution < 1.29 is 4.74 Å². The van der Waals surface area contributed by atoms with Crippen LogP contribution in [0.1, 0.15) is 19.4 Å². The molecule has 1 N–H and O–H groups in total. The highest BCUT2D eigenvalue weighted by atomic mass is 32.1. The molecule has 3 rings (SSSR count). The monoisotopic (exact) mass is 291 g/mol. The van der Waals surface area contributed by atoms with Crippen LogP contribution in [0.4, 0.5) is 0 Å². The van der Waals surface area contributed by atoms with Crippen molar-refractivity contribution in [1.29, 1.82) is 0 Å². The van der Waals surface area contributed by atoms with Crippen molar-refractivity contribution in [2.75, 3.05) is 27.2 Å². The molecule has 0 bridgehead atoms. The molecule has 108 valence electrons. The first-order valence-corrected chi connectivity index (χ1v) is 7.48. The van der Waals surface area contributed by atoms with Crippen LogP contribution in [0.2, 0.25) is 0 Å². The van der Waals surface area contributed by atoms with Gasteiger partial charge in [0, 0.05) is 18.7 Å². The van der Waals surface area contributed by atoms with Crippen LogP contribution in [0.3, 0.4) is 0 Å². The molecule has 2 heterocycles. The molecular formula is C15H21N3OS. The maximum Gasteiger partial charge on any atom is 0.178 e. The first-order valence-electron chi connectivity index (χ1n) is 7.07. The van der Waals surface area contributed by atoms with Crippen molar-refractivity contribution >= 4 is 23.3 Å². The number of H-pyrrole nitrogens is 1.